The number of aliphatic carboxylic acids is 1. The Morgan fingerprint density at radius 3 is 2.57 bits per heavy atom. The lowest BCUT2D eigenvalue weighted by atomic mass is 9.74. The number of nitrogens with one attached hydrogen (secondary N) is 1. The smallest absolute Gasteiger partial charge is 0.311 e. The van der Waals surface area contributed by atoms with E-state index in [9.17, 15) is 23.5 Å². The van der Waals surface area contributed by atoms with E-state index < -0.39 is 34.6 Å². The van der Waals surface area contributed by atoms with E-state index in [0.717, 1.165) is 31.5 Å². The Labute approximate surface area is 120 Å². The van der Waals surface area contributed by atoms with E-state index in [-0.39, 0.29) is 6.54 Å². The third kappa shape index (κ3) is 3.17. The number of amides is 1. The molecule has 5 nitrogen and oxygen atoms in total. The Balaban J connectivity index is 2.09. The van der Waals surface area contributed by atoms with Gasteiger partial charge in [-0.1, -0.05) is 19.3 Å². The number of nitrogens with zero attached hydrogens (tertiary/aromatic N) is 1. The molecule has 1 aromatic rings. The topological polar surface area (TPSA) is 79.3 Å². The molecule has 0 aliphatic heterocycles. The van der Waals surface area contributed by atoms with E-state index in [1.165, 1.54) is 0 Å². The number of rotatable bonds is 4. The van der Waals surface area contributed by atoms with Crippen molar-refractivity contribution in [2.45, 2.75) is 32.1 Å². The minimum Gasteiger partial charge on any atom is -0.481 e. The van der Waals surface area contributed by atoms with Gasteiger partial charge in [-0.25, -0.2) is 9.37 Å². The molecule has 1 aliphatic rings. The van der Waals surface area contributed by atoms with Crippen molar-refractivity contribution < 1.29 is 23.5 Å². The fraction of sp³-hybridized carbons (Fsp3) is 0.500. The third-order valence-corrected chi connectivity index (χ3v) is 3.94. The molecule has 0 unspecified atom stereocenters. The molecule has 0 radical (unpaired) electrons. The number of halogens is 2. The van der Waals surface area contributed by atoms with Crippen LogP contribution in [0, 0.1) is 17.2 Å². The highest BCUT2D eigenvalue weighted by Crippen LogP contribution is 2.36. The van der Waals surface area contributed by atoms with Gasteiger partial charge in [-0.15, -0.1) is 0 Å². The number of hydrogen-bond donors (Lipinski definition) is 2. The van der Waals surface area contributed by atoms with Gasteiger partial charge in [0.25, 0.3) is 5.91 Å². The van der Waals surface area contributed by atoms with Crippen molar-refractivity contribution in [1.82, 2.24) is 10.3 Å². The highest BCUT2D eigenvalue weighted by atomic mass is 19.2. The van der Waals surface area contributed by atoms with E-state index in [1.807, 2.05) is 0 Å². The molecule has 2 rings (SSSR count). The standard InChI is InChI=1S/C14H16F2N2O3/c15-10-9(4-7-17-11(10)16)12(19)18-8-14(13(20)21)5-2-1-3-6-14/h4,7H,1-3,5-6,8H2,(H,18,19)(H,20,21). The highest BCUT2D eigenvalue weighted by Gasteiger charge is 2.40. The molecule has 0 atom stereocenters. The molecule has 1 amide bonds. The van der Waals surface area contributed by atoms with Crippen LogP contribution >= 0.6 is 0 Å². The normalized spacial score (nSPS) is 17.2. The second-order valence-corrected chi connectivity index (χ2v) is 5.29. The average Bonchev–Trinajstić information content (AvgIpc) is 2.48. The Morgan fingerprint density at radius 1 is 1.29 bits per heavy atom. The summed E-state index contributed by atoms with van der Waals surface area (Å²) in [7, 11) is 0. The van der Waals surface area contributed by atoms with Crippen LogP contribution in [-0.2, 0) is 4.79 Å². The maximum absolute atomic E-state index is 13.5. The lowest BCUT2D eigenvalue weighted by Crippen LogP contribution is -2.44. The number of carboxylic acid groups (broad SMARTS) is 1. The van der Waals surface area contributed by atoms with Crippen molar-refractivity contribution >= 4 is 11.9 Å². The van der Waals surface area contributed by atoms with Crippen LogP contribution in [0.3, 0.4) is 0 Å². The molecule has 0 bridgehead atoms. The van der Waals surface area contributed by atoms with Crippen molar-refractivity contribution in [3.05, 3.63) is 29.6 Å². The first-order chi connectivity index (χ1) is 9.96. The maximum Gasteiger partial charge on any atom is 0.311 e. The number of aromatic nitrogens is 1. The van der Waals surface area contributed by atoms with Crippen molar-refractivity contribution in [3.63, 3.8) is 0 Å². The van der Waals surface area contributed by atoms with Crippen LogP contribution in [-0.4, -0.2) is 28.5 Å². The van der Waals surface area contributed by atoms with E-state index in [2.05, 4.69) is 10.3 Å². The number of carbonyl (C=O) groups is 2. The van der Waals surface area contributed by atoms with Crippen LogP contribution in [0.5, 0.6) is 0 Å². The van der Waals surface area contributed by atoms with Crippen LogP contribution in [0.1, 0.15) is 42.5 Å². The average molecular weight is 298 g/mol. The van der Waals surface area contributed by atoms with Crippen LogP contribution in [0.25, 0.3) is 0 Å². The molecule has 1 saturated carbocycles. The van der Waals surface area contributed by atoms with Gasteiger partial charge in [0.2, 0.25) is 5.95 Å². The molecule has 1 aliphatic carbocycles. The fourth-order valence-corrected chi connectivity index (χ4v) is 2.63. The van der Waals surface area contributed by atoms with Gasteiger partial charge in [0.05, 0.1) is 11.0 Å². The van der Waals surface area contributed by atoms with Gasteiger partial charge in [-0.2, -0.15) is 4.39 Å². The lowest BCUT2D eigenvalue weighted by molar-refractivity contribution is -0.150. The molecular weight excluding hydrogens is 282 g/mol. The first-order valence-corrected chi connectivity index (χ1v) is 6.78. The summed E-state index contributed by atoms with van der Waals surface area (Å²) in [5.74, 6) is -4.49. The van der Waals surface area contributed by atoms with E-state index >= 15 is 0 Å². The zero-order valence-electron chi connectivity index (χ0n) is 11.4. The van der Waals surface area contributed by atoms with Crippen molar-refractivity contribution in [1.29, 1.82) is 0 Å². The summed E-state index contributed by atoms with van der Waals surface area (Å²) >= 11 is 0. The van der Waals surface area contributed by atoms with E-state index in [1.54, 1.807) is 0 Å². The number of carboxylic acids is 1. The molecule has 0 spiro atoms. The van der Waals surface area contributed by atoms with E-state index in [4.69, 9.17) is 0 Å². The summed E-state index contributed by atoms with van der Waals surface area (Å²) in [6.45, 7) is -0.0927. The fourth-order valence-electron chi connectivity index (χ4n) is 2.63. The third-order valence-electron chi connectivity index (χ3n) is 3.94. The molecule has 1 heterocycles. The predicted octanol–water partition coefficient (Wildman–Crippen LogP) is 2.12. The minimum absolute atomic E-state index is 0.0927. The largest absolute Gasteiger partial charge is 0.481 e. The first kappa shape index (κ1) is 15.3. The summed E-state index contributed by atoms with van der Waals surface area (Å²) in [4.78, 5) is 26.4. The molecule has 1 fully saturated rings. The summed E-state index contributed by atoms with van der Waals surface area (Å²) in [6, 6.07) is 1.06. The second-order valence-electron chi connectivity index (χ2n) is 5.29. The Kier molecular flexibility index (Phi) is 4.50. The monoisotopic (exact) mass is 298 g/mol. The molecule has 7 heteroatoms. The van der Waals surface area contributed by atoms with Crippen LogP contribution in [0.4, 0.5) is 8.78 Å². The molecular formula is C14H16F2N2O3. The SMILES string of the molecule is O=C(NCC1(C(=O)O)CCCCC1)c1ccnc(F)c1F. The number of hydrogen-bond acceptors (Lipinski definition) is 3. The van der Waals surface area contributed by atoms with Crippen LogP contribution in [0.15, 0.2) is 12.3 Å². The molecule has 21 heavy (non-hydrogen) atoms. The summed E-state index contributed by atoms with van der Waals surface area (Å²) in [5, 5.41) is 11.8. The first-order valence-electron chi connectivity index (χ1n) is 6.78. The summed E-state index contributed by atoms with van der Waals surface area (Å²) in [6.07, 6.45) is 4.44. The molecule has 0 saturated heterocycles. The van der Waals surface area contributed by atoms with Gasteiger partial charge < -0.3 is 10.4 Å². The summed E-state index contributed by atoms with van der Waals surface area (Å²) < 4.78 is 26.4. The zero-order chi connectivity index (χ0) is 15.5. The Hall–Kier alpha value is -2.05. The van der Waals surface area contributed by atoms with Gasteiger partial charge in [-0.05, 0) is 18.9 Å². The Morgan fingerprint density at radius 2 is 1.95 bits per heavy atom. The van der Waals surface area contributed by atoms with Gasteiger partial charge in [0, 0.05) is 12.7 Å². The van der Waals surface area contributed by atoms with Gasteiger partial charge in [-0.3, -0.25) is 9.59 Å². The van der Waals surface area contributed by atoms with Crippen molar-refractivity contribution in [3.8, 4) is 0 Å². The van der Waals surface area contributed by atoms with Crippen LogP contribution < -0.4 is 5.32 Å². The second kappa shape index (κ2) is 6.15. The quantitative estimate of drug-likeness (QED) is 0.835. The lowest BCUT2D eigenvalue weighted by Gasteiger charge is -2.33. The van der Waals surface area contributed by atoms with Crippen LogP contribution in [0.2, 0.25) is 0 Å². The maximum atomic E-state index is 13.5. The zero-order valence-corrected chi connectivity index (χ0v) is 11.4. The van der Waals surface area contributed by atoms with Crippen molar-refractivity contribution in [2.75, 3.05) is 6.54 Å². The minimum atomic E-state index is -1.35. The van der Waals surface area contributed by atoms with Gasteiger partial charge >= 0.3 is 5.97 Å². The number of carbonyl (C=O) groups excluding carboxylic acids is 1. The molecule has 2 N–H and O–H groups in total. The van der Waals surface area contributed by atoms with Gasteiger partial charge in [0.15, 0.2) is 5.82 Å². The molecule has 0 aromatic carbocycles. The molecule has 114 valence electrons. The number of pyridine rings is 1. The van der Waals surface area contributed by atoms with E-state index in [0.29, 0.717) is 12.8 Å². The Bertz CT molecular complexity index is 557. The van der Waals surface area contributed by atoms with Gasteiger partial charge in [0.1, 0.15) is 0 Å². The predicted molar refractivity (Wildman–Crippen MR) is 69.6 cm³/mol. The summed E-state index contributed by atoms with van der Waals surface area (Å²) in [5.41, 5.74) is -1.49. The van der Waals surface area contributed by atoms with Crippen molar-refractivity contribution in [2.24, 2.45) is 5.41 Å². The molecule has 1 aromatic heterocycles. The highest BCUT2D eigenvalue weighted by molar-refractivity contribution is 5.94.